The predicted octanol–water partition coefficient (Wildman–Crippen LogP) is 1.85. The lowest BCUT2D eigenvalue weighted by atomic mass is 9.86. The molecule has 0 aromatic rings. The fourth-order valence-corrected chi connectivity index (χ4v) is 2.01. The molecule has 1 aliphatic carbocycles. The molecule has 0 spiro atoms. The number of rotatable bonds is 3. The van der Waals surface area contributed by atoms with Gasteiger partial charge >= 0.3 is 0 Å². The molecular formula is C11H21NO. The summed E-state index contributed by atoms with van der Waals surface area (Å²) in [5.74, 6) is 0. The van der Waals surface area contributed by atoms with Gasteiger partial charge in [-0.3, -0.25) is 0 Å². The Balaban J connectivity index is 2.54. The molecule has 0 saturated heterocycles. The van der Waals surface area contributed by atoms with Crippen LogP contribution in [0.2, 0.25) is 0 Å². The molecule has 1 saturated carbocycles. The van der Waals surface area contributed by atoms with E-state index in [-0.39, 0.29) is 5.54 Å². The lowest BCUT2D eigenvalue weighted by Gasteiger charge is -2.37. The van der Waals surface area contributed by atoms with Crippen molar-refractivity contribution in [1.82, 2.24) is 5.32 Å². The van der Waals surface area contributed by atoms with Crippen LogP contribution < -0.4 is 5.32 Å². The maximum Gasteiger partial charge on any atom is 0.0797 e. The monoisotopic (exact) mass is 183 g/mol. The van der Waals surface area contributed by atoms with Crippen LogP contribution in [0, 0.1) is 0 Å². The summed E-state index contributed by atoms with van der Waals surface area (Å²) in [5, 5.41) is 13.5. The Morgan fingerprint density at radius 1 is 1.38 bits per heavy atom. The summed E-state index contributed by atoms with van der Waals surface area (Å²) >= 11 is 0. The van der Waals surface area contributed by atoms with Crippen LogP contribution in [0.25, 0.3) is 0 Å². The first-order valence-corrected chi connectivity index (χ1v) is 5.10. The van der Waals surface area contributed by atoms with Crippen LogP contribution in [0.3, 0.4) is 0 Å². The van der Waals surface area contributed by atoms with E-state index < -0.39 is 5.60 Å². The van der Waals surface area contributed by atoms with Crippen LogP contribution in [-0.2, 0) is 0 Å². The SMILES string of the molecule is C/C=C/CNC1(C)CCCC1(C)O. The van der Waals surface area contributed by atoms with E-state index in [1.165, 1.54) is 0 Å². The average molecular weight is 183 g/mol. The fraction of sp³-hybridized carbons (Fsp3) is 0.818. The van der Waals surface area contributed by atoms with Crippen molar-refractivity contribution < 1.29 is 5.11 Å². The Kier molecular flexibility index (Phi) is 3.14. The molecule has 2 unspecified atom stereocenters. The second kappa shape index (κ2) is 3.81. The highest BCUT2D eigenvalue weighted by Crippen LogP contribution is 2.38. The summed E-state index contributed by atoms with van der Waals surface area (Å²) in [5.41, 5.74) is -0.652. The van der Waals surface area contributed by atoms with E-state index in [2.05, 4.69) is 18.3 Å². The Labute approximate surface area is 81.0 Å². The van der Waals surface area contributed by atoms with Crippen LogP contribution in [0.1, 0.15) is 40.0 Å². The molecule has 2 atom stereocenters. The molecule has 0 aromatic carbocycles. The largest absolute Gasteiger partial charge is 0.388 e. The summed E-state index contributed by atoms with van der Waals surface area (Å²) in [4.78, 5) is 0. The van der Waals surface area contributed by atoms with Gasteiger partial charge in [0.25, 0.3) is 0 Å². The zero-order valence-electron chi connectivity index (χ0n) is 8.93. The Bertz CT molecular complexity index is 198. The molecule has 0 aliphatic heterocycles. The predicted molar refractivity (Wildman–Crippen MR) is 55.7 cm³/mol. The van der Waals surface area contributed by atoms with Crippen LogP contribution in [0.15, 0.2) is 12.2 Å². The first-order chi connectivity index (χ1) is 6.02. The van der Waals surface area contributed by atoms with Crippen molar-refractivity contribution in [3.63, 3.8) is 0 Å². The van der Waals surface area contributed by atoms with Crippen LogP contribution >= 0.6 is 0 Å². The van der Waals surface area contributed by atoms with Crippen molar-refractivity contribution in [3.05, 3.63) is 12.2 Å². The van der Waals surface area contributed by atoms with E-state index in [0.29, 0.717) is 0 Å². The van der Waals surface area contributed by atoms with Gasteiger partial charge < -0.3 is 10.4 Å². The molecule has 0 amide bonds. The van der Waals surface area contributed by atoms with E-state index in [1.54, 1.807) is 0 Å². The Morgan fingerprint density at radius 2 is 2.08 bits per heavy atom. The highest BCUT2D eigenvalue weighted by molar-refractivity contribution is 5.05. The summed E-state index contributed by atoms with van der Waals surface area (Å²) in [6, 6.07) is 0. The molecule has 0 aromatic heterocycles. The second-order valence-electron chi connectivity index (χ2n) is 4.41. The lowest BCUT2D eigenvalue weighted by Crippen LogP contribution is -2.55. The van der Waals surface area contributed by atoms with E-state index in [9.17, 15) is 5.11 Å². The van der Waals surface area contributed by atoms with Crippen molar-refractivity contribution in [1.29, 1.82) is 0 Å². The first-order valence-electron chi connectivity index (χ1n) is 5.10. The minimum Gasteiger partial charge on any atom is -0.388 e. The first kappa shape index (κ1) is 10.7. The van der Waals surface area contributed by atoms with E-state index in [4.69, 9.17) is 0 Å². The van der Waals surface area contributed by atoms with Crippen LogP contribution in [0.5, 0.6) is 0 Å². The van der Waals surface area contributed by atoms with Crippen molar-refractivity contribution in [2.75, 3.05) is 6.54 Å². The van der Waals surface area contributed by atoms with Gasteiger partial charge in [-0.2, -0.15) is 0 Å². The lowest BCUT2D eigenvalue weighted by molar-refractivity contribution is -0.00475. The summed E-state index contributed by atoms with van der Waals surface area (Å²) < 4.78 is 0. The topological polar surface area (TPSA) is 32.3 Å². The number of nitrogens with one attached hydrogen (secondary N) is 1. The molecule has 2 nitrogen and oxygen atoms in total. The smallest absolute Gasteiger partial charge is 0.0797 e. The van der Waals surface area contributed by atoms with Gasteiger partial charge in [-0.25, -0.2) is 0 Å². The summed E-state index contributed by atoms with van der Waals surface area (Å²) in [6.45, 7) is 6.91. The molecular weight excluding hydrogens is 162 g/mol. The van der Waals surface area contributed by atoms with Crippen molar-refractivity contribution in [2.45, 2.75) is 51.2 Å². The highest BCUT2D eigenvalue weighted by Gasteiger charge is 2.46. The fourth-order valence-electron chi connectivity index (χ4n) is 2.01. The van der Waals surface area contributed by atoms with Gasteiger partial charge in [0.2, 0.25) is 0 Å². The van der Waals surface area contributed by atoms with Gasteiger partial charge in [-0.15, -0.1) is 0 Å². The molecule has 13 heavy (non-hydrogen) atoms. The summed E-state index contributed by atoms with van der Waals surface area (Å²) in [7, 11) is 0. The standard InChI is InChI=1S/C11H21NO/c1-4-5-9-12-10(2)7-6-8-11(10,3)13/h4-5,12-13H,6-9H2,1-3H3/b5-4+. The number of aliphatic hydroxyl groups is 1. The third-order valence-electron chi connectivity index (χ3n) is 3.37. The van der Waals surface area contributed by atoms with Crippen molar-refractivity contribution in [3.8, 4) is 0 Å². The zero-order valence-corrected chi connectivity index (χ0v) is 8.93. The van der Waals surface area contributed by atoms with E-state index in [1.807, 2.05) is 19.9 Å². The van der Waals surface area contributed by atoms with Crippen LogP contribution in [0.4, 0.5) is 0 Å². The molecule has 0 radical (unpaired) electrons. The minimum atomic E-state index is -0.547. The molecule has 1 fully saturated rings. The van der Waals surface area contributed by atoms with Crippen molar-refractivity contribution in [2.24, 2.45) is 0 Å². The highest BCUT2D eigenvalue weighted by atomic mass is 16.3. The third-order valence-corrected chi connectivity index (χ3v) is 3.37. The normalized spacial score (nSPS) is 40.3. The van der Waals surface area contributed by atoms with Gasteiger partial charge in [0.1, 0.15) is 0 Å². The molecule has 1 aliphatic rings. The Hall–Kier alpha value is -0.340. The molecule has 1 rings (SSSR count). The third kappa shape index (κ3) is 2.12. The Morgan fingerprint density at radius 3 is 2.54 bits per heavy atom. The molecule has 0 heterocycles. The summed E-state index contributed by atoms with van der Waals surface area (Å²) in [6.07, 6.45) is 7.20. The minimum absolute atomic E-state index is 0.105. The van der Waals surface area contributed by atoms with Crippen LogP contribution in [-0.4, -0.2) is 22.8 Å². The van der Waals surface area contributed by atoms with Gasteiger partial charge in [-0.1, -0.05) is 12.2 Å². The quantitative estimate of drug-likeness (QED) is 0.654. The maximum absolute atomic E-state index is 10.1. The second-order valence-corrected chi connectivity index (χ2v) is 4.41. The molecule has 0 bridgehead atoms. The molecule has 76 valence electrons. The number of hydrogen-bond acceptors (Lipinski definition) is 2. The molecule has 2 N–H and O–H groups in total. The average Bonchev–Trinajstić information content (AvgIpc) is 2.28. The number of hydrogen-bond donors (Lipinski definition) is 2. The van der Waals surface area contributed by atoms with Gasteiger partial charge in [0.05, 0.1) is 5.60 Å². The number of allylic oxidation sites excluding steroid dienone is 1. The molecule has 2 heteroatoms. The van der Waals surface area contributed by atoms with Gasteiger partial charge in [-0.05, 0) is 40.0 Å². The zero-order chi connectivity index (χ0) is 9.95. The van der Waals surface area contributed by atoms with Crippen molar-refractivity contribution >= 4 is 0 Å². The van der Waals surface area contributed by atoms with E-state index >= 15 is 0 Å². The van der Waals surface area contributed by atoms with E-state index in [0.717, 1.165) is 25.8 Å². The van der Waals surface area contributed by atoms with Gasteiger partial charge in [0, 0.05) is 12.1 Å². The van der Waals surface area contributed by atoms with Gasteiger partial charge in [0.15, 0.2) is 0 Å². The maximum atomic E-state index is 10.1.